The molecular formula is C22H15NO5S2. The fraction of sp³-hybridized carbons (Fsp3) is 0.0455. The van der Waals surface area contributed by atoms with Crippen molar-refractivity contribution < 1.29 is 23.8 Å². The third-order valence-corrected chi connectivity index (χ3v) is 5.74. The molecule has 1 aromatic heterocycles. The lowest BCUT2D eigenvalue weighted by Gasteiger charge is -2.14. The molecule has 0 saturated carbocycles. The number of carboxylic acid groups (broad SMARTS) is 1. The fourth-order valence-corrected chi connectivity index (χ4v) is 4.19. The Kier molecular flexibility index (Phi) is 5.43. The van der Waals surface area contributed by atoms with Crippen LogP contribution in [0, 0.1) is 0 Å². The molecule has 0 unspecified atom stereocenters. The molecule has 8 heteroatoms. The first-order valence-corrected chi connectivity index (χ1v) is 10.0. The zero-order valence-corrected chi connectivity index (χ0v) is 17.3. The van der Waals surface area contributed by atoms with Gasteiger partial charge in [0.05, 0.1) is 23.3 Å². The zero-order valence-electron chi connectivity index (χ0n) is 15.7. The minimum Gasteiger partial charge on any atom is -0.497 e. The average Bonchev–Trinajstić information content (AvgIpc) is 3.32. The van der Waals surface area contributed by atoms with Gasteiger partial charge in [0.25, 0.3) is 5.91 Å². The summed E-state index contributed by atoms with van der Waals surface area (Å²) in [5.74, 6) is 0.643. The Morgan fingerprint density at radius 1 is 1.10 bits per heavy atom. The van der Waals surface area contributed by atoms with Crippen molar-refractivity contribution in [2.24, 2.45) is 0 Å². The Morgan fingerprint density at radius 2 is 1.80 bits per heavy atom. The molecule has 30 heavy (non-hydrogen) atoms. The Bertz CT molecular complexity index is 1160. The highest BCUT2D eigenvalue weighted by Gasteiger charge is 2.33. The van der Waals surface area contributed by atoms with Crippen LogP contribution >= 0.6 is 24.0 Å². The number of benzene rings is 2. The first kappa shape index (κ1) is 19.9. The van der Waals surface area contributed by atoms with Gasteiger partial charge in [0.15, 0.2) is 4.32 Å². The fourth-order valence-electron chi connectivity index (χ4n) is 2.91. The number of carbonyl (C=O) groups is 2. The van der Waals surface area contributed by atoms with Gasteiger partial charge in [-0.2, -0.15) is 0 Å². The van der Waals surface area contributed by atoms with Crippen LogP contribution in [-0.2, 0) is 4.79 Å². The average molecular weight is 437 g/mol. The Morgan fingerprint density at radius 3 is 2.43 bits per heavy atom. The van der Waals surface area contributed by atoms with Gasteiger partial charge >= 0.3 is 5.97 Å². The second-order valence-electron chi connectivity index (χ2n) is 6.30. The molecule has 0 bridgehead atoms. The number of ether oxygens (including phenoxy) is 1. The maximum absolute atomic E-state index is 12.9. The minimum atomic E-state index is -1.03. The van der Waals surface area contributed by atoms with E-state index in [1.54, 1.807) is 31.4 Å². The van der Waals surface area contributed by atoms with Gasteiger partial charge in [-0.3, -0.25) is 9.69 Å². The molecule has 0 aliphatic carbocycles. The van der Waals surface area contributed by atoms with Crippen LogP contribution in [0.25, 0.3) is 17.4 Å². The van der Waals surface area contributed by atoms with Crippen molar-refractivity contribution in [3.63, 3.8) is 0 Å². The van der Waals surface area contributed by atoms with Gasteiger partial charge < -0.3 is 14.3 Å². The van der Waals surface area contributed by atoms with Crippen LogP contribution in [0.3, 0.4) is 0 Å². The number of thioether (sulfide) groups is 1. The Labute approximate surface area is 181 Å². The highest BCUT2D eigenvalue weighted by Crippen LogP contribution is 2.36. The van der Waals surface area contributed by atoms with Crippen molar-refractivity contribution in [2.75, 3.05) is 12.0 Å². The molecule has 1 saturated heterocycles. The smallest absolute Gasteiger partial charge is 0.335 e. The monoisotopic (exact) mass is 437 g/mol. The van der Waals surface area contributed by atoms with E-state index >= 15 is 0 Å². The van der Waals surface area contributed by atoms with Crippen LogP contribution < -0.4 is 9.64 Å². The van der Waals surface area contributed by atoms with Crippen molar-refractivity contribution in [1.82, 2.24) is 0 Å². The van der Waals surface area contributed by atoms with Gasteiger partial charge in [0.2, 0.25) is 0 Å². The topological polar surface area (TPSA) is 80.0 Å². The molecule has 6 nitrogen and oxygen atoms in total. The third-order valence-electron chi connectivity index (χ3n) is 4.44. The summed E-state index contributed by atoms with van der Waals surface area (Å²) < 4.78 is 11.4. The Balaban J connectivity index is 1.56. The van der Waals surface area contributed by atoms with Gasteiger partial charge in [-0.15, -0.1) is 0 Å². The third kappa shape index (κ3) is 3.87. The van der Waals surface area contributed by atoms with Crippen LogP contribution in [0.1, 0.15) is 16.1 Å². The number of rotatable bonds is 5. The number of carboxylic acids is 1. The first-order chi connectivity index (χ1) is 14.5. The van der Waals surface area contributed by atoms with Crippen molar-refractivity contribution in [3.8, 4) is 17.1 Å². The van der Waals surface area contributed by atoms with E-state index in [4.69, 9.17) is 26.5 Å². The number of hydrogen-bond acceptors (Lipinski definition) is 6. The maximum Gasteiger partial charge on any atom is 0.335 e. The molecule has 1 N–H and O–H groups in total. The number of furan rings is 1. The van der Waals surface area contributed by atoms with E-state index in [0.29, 0.717) is 26.4 Å². The van der Waals surface area contributed by atoms with Crippen molar-refractivity contribution in [1.29, 1.82) is 0 Å². The predicted octanol–water partition coefficient (Wildman–Crippen LogP) is 5.06. The number of nitrogens with zero attached hydrogens (tertiary/aromatic N) is 1. The van der Waals surface area contributed by atoms with E-state index in [2.05, 4.69) is 0 Å². The second kappa shape index (κ2) is 8.17. The van der Waals surface area contributed by atoms with Crippen molar-refractivity contribution >= 4 is 51.9 Å². The van der Waals surface area contributed by atoms with E-state index in [0.717, 1.165) is 11.3 Å². The van der Waals surface area contributed by atoms with Gasteiger partial charge in [-0.05, 0) is 60.7 Å². The van der Waals surface area contributed by atoms with Gasteiger partial charge in [0.1, 0.15) is 17.3 Å². The minimum absolute atomic E-state index is 0.140. The summed E-state index contributed by atoms with van der Waals surface area (Å²) in [7, 11) is 1.61. The predicted molar refractivity (Wildman–Crippen MR) is 120 cm³/mol. The molecule has 1 fully saturated rings. The normalized spacial score (nSPS) is 15.1. The molecule has 3 aromatic rings. The number of methoxy groups -OCH3 is 1. The number of thiocarbonyl (C=S) groups is 1. The summed E-state index contributed by atoms with van der Waals surface area (Å²) >= 11 is 6.52. The molecule has 150 valence electrons. The van der Waals surface area contributed by atoms with E-state index in [1.807, 2.05) is 30.3 Å². The molecular weight excluding hydrogens is 422 g/mol. The summed E-state index contributed by atoms with van der Waals surface area (Å²) in [5, 5.41) is 9.03. The quantitative estimate of drug-likeness (QED) is 0.441. The van der Waals surface area contributed by atoms with Gasteiger partial charge in [0, 0.05) is 11.6 Å². The highest BCUT2D eigenvalue weighted by molar-refractivity contribution is 8.27. The van der Waals surface area contributed by atoms with Crippen molar-refractivity contribution in [3.05, 3.63) is 76.9 Å². The van der Waals surface area contributed by atoms with E-state index in [-0.39, 0.29) is 11.5 Å². The summed E-state index contributed by atoms with van der Waals surface area (Å²) in [6.45, 7) is 0. The SMILES string of the molecule is COc1ccc(-c2ccc(/C=C3/SC(=S)N(c4ccc(C(=O)O)cc4)C3=O)o2)cc1. The van der Waals surface area contributed by atoms with Crippen LogP contribution in [0.2, 0.25) is 0 Å². The van der Waals surface area contributed by atoms with Crippen LogP contribution in [0.5, 0.6) is 5.75 Å². The maximum atomic E-state index is 12.9. The summed E-state index contributed by atoms with van der Waals surface area (Å²) in [6.07, 6.45) is 1.65. The standard InChI is InChI=1S/C22H15NO5S2/c1-27-16-8-4-13(5-9-16)18-11-10-17(28-18)12-19-20(24)23(22(29)30-19)15-6-2-14(3-7-15)21(25)26/h2-12H,1H3,(H,25,26)/b19-12+. The lowest BCUT2D eigenvalue weighted by Crippen LogP contribution is -2.27. The number of hydrogen-bond donors (Lipinski definition) is 1. The Hall–Kier alpha value is -3.36. The van der Waals surface area contributed by atoms with E-state index < -0.39 is 5.97 Å². The first-order valence-electron chi connectivity index (χ1n) is 8.82. The molecule has 0 radical (unpaired) electrons. The summed E-state index contributed by atoms with van der Waals surface area (Å²) in [5.41, 5.74) is 1.55. The van der Waals surface area contributed by atoms with Crippen LogP contribution in [0.15, 0.2) is 70.0 Å². The van der Waals surface area contributed by atoms with E-state index in [9.17, 15) is 9.59 Å². The largest absolute Gasteiger partial charge is 0.497 e. The van der Waals surface area contributed by atoms with Gasteiger partial charge in [-0.25, -0.2) is 4.79 Å². The highest BCUT2D eigenvalue weighted by atomic mass is 32.2. The molecule has 1 aliphatic heterocycles. The molecule has 1 amide bonds. The second-order valence-corrected chi connectivity index (χ2v) is 7.98. The number of amides is 1. The van der Waals surface area contributed by atoms with Crippen LogP contribution in [0.4, 0.5) is 5.69 Å². The molecule has 2 heterocycles. The molecule has 0 atom stereocenters. The number of aromatic carboxylic acids is 1. The van der Waals surface area contributed by atoms with Gasteiger partial charge in [-0.1, -0.05) is 24.0 Å². The molecule has 2 aromatic carbocycles. The lowest BCUT2D eigenvalue weighted by atomic mass is 10.2. The molecule has 4 rings (SSSR count). The summed E-state index contributed by atoms with van der Waals surface area (Å²) in [6, 6.07) is 17.1. The zero-order chi connectivity index (χ0) is 21.3. The number of anilines is 1. The van der Waals surface area contributed by atoms with Crippen molar-refractivity contribution in [2.45, 2.75) is 0 Å². The molecule has 0 spiro atoms. The van der Waals surface area contributed by atoms with Crippen LogP contribution in [-0.4, -0.2) is 28.4 Å². The summed E-state index contributed by atoms with van der Waals surface area (Å²) in [4.78, 5) is 25.7. The molecule has 1 aliphatic rings. The lowest BCUT2D eigenvalue weighted by molar-refractivity contribution is -0.113. The number of carbonyl (C=O) groups excluding carboxylic acids is 1. The van der Waals surface area contributed by atoms with E-state index in [1.165, 1.54) is 28.8 Å².